The van der Waals surface area contributed by atoms with Crippen LogP contribution >= 0.6 is 11.6 Å². The zero-order chi connectivity index (χ0) is 13.3. The molecule has 0 aliphatic heterocycles. The predicted molar refractivity (Wildman–Crippen MR) is 72.5 cm³/mol. The maximum Gasteiger partial charge on any atom is 0.271 e. The molecule has 0 unspecified atom stereocenters. The molecule has 1 fully saturated rings. The quantitative estimate of drug-likeness (QED) is 0.881. The van der Waals surface area contributed by atoms with E-state index in [1.807, 2.05) is 0 Å². The van der Waals surface area contributed by atoms with E-state index in [-0.39, 0.29) is 17.0 Å². The summed E-state index contributed by atoms with van der Waals surface area (Å²) < 4.78 is 0. The van der Waals surface area contributed by atoms with Crippen molar-refractivity contribution in [1.29, 1.82) is 0 Å². The first kappa shape index (κ1) is 13.1. The molecule has 2 rings (SSSR count). The first-order valence-electron chi connectivity index (χ1n) is 6.15. The van der Waals surface area contributed by atoms with Gasteiger partial charge in [0.2, 0.25) is 0 Å². The normalized spacial score (nSPS) is 16.7. The molecule has 4 nitrogen and oxygen atoms in total. The van der Waals surface area contributed by atoms with E-state index >= 15 is 0 Å². The van der Waals surface area contributed by atoms with E-state index in [0.717, 1.165) is 0 Å². The molecule has 0 saturated heterocycles. The fraction of sp³-hybridized carbons (Fsp3) is 0.538. The van der Waals surface area contributed by atoms with Gasteiger partial charge in [-0.2, -0.15) is 0 Å². The van der Waals surface area contributed by atoms with Crippen molar-refractivity contribution in [3.63, 3.8) is 0 Å². The number of pyridine rings is 1. The molecule has 3 N–H and O–H groups in total. The first-order valence-corrected chi connectivity index (χ1v) is 6.53. The highest BCUT2D eigenvalue weighted by atomic mass is 35.5. The van der Waals surface area contributed by atoms with Crippen molar-refractivity contribution in [2.45, 2.75) is 26.7 Å². The van der Waals surface area contributed by atoms with Gasteiger partial charge in [0.15, 0.2) is 0 Å². The van der Waals surface area contributed by atoms with Gasteiger partial charge in [-0.3, -0.25) is 4.79 Å². The number of amides is 1. The molecule has 18 heavy (non-hydrogen) atoms. The molecule has 1 saturated carbocycles. The van der Waals surface area contributed by atoms with Crippen molar-refractivity contribution in [3.8, 4) is 0 Å². The van der Waals surface area contributed by atoms with Crippen LogP contribution in [0.3, 0.4) is 0 Å². The van der Waals surface area contributed by atoms with Gasteiger partial charge in [0.05, 0.1) is 5.02 Å². The van der Waals surface area contributed by atoms with E-state index in [1.165, 1.54) is 12.8 Å². The summed E-state index contributed by atoms with van der Waals surface area (Å²) in [5.74, 6) is 0.621. The minimum absolute atomic E-state index is 0.205. The zero-order valence-corrected chi connectivity index (χ0v) is 11.4. The summed E-state index contributed by atoms with van der Waals surface area (Å²) in [5, 5.41) is 3.24. The van der Waals surface area contributed by atoms with Crippen LogP contribution in [-0.4, -0.2) is 17.4 Å². The van der Waals surface area contributed by atoms with Crippen molar-refractivity contribution >= 4 is 23.3 Å². The second-order valence-electron chi connectivity index (χ2n) is 5.27. The maximum absolute atomic E-state index is 12.0. The predicted octanol–water partition coefficient (Wildman–Crippen LogP) is 2.48. The number of anilines is 1. The second-order valence-corrected chi connectivity index (χ2v) is 5.67. The molecule has 0 spiro atoms. The number of halogens is 1. The Bertz CT molecular complexity index is 469. The third-order valence-electron chi connectivity index (χ3n) is 3.80. The van der Waals surface area contributed by atoms with Gasteiger partial charge in [0.25, 0.3) is 5.91 Å². The summed E-state index contributed by atoms with van der Waals surface area (Å²) in [7, 11) is 0. The summed E-state index contributed by atoms with van der Waals surface area (Å²) in [6, 6.07) is 3.17. The largest absolute Gasteiger partial charge is 0.384 e. The number of rotatable bonds is 4. The number of nitrogen functional groups attached to an aromatic ring is 1. The molecule has 98 valence electrons. The lowest BCUT2D eigenvalue weighted by atomic mass is 9.92. The maximum atomic E-state index is 12.0. The van der Waals surface area contributed by atoms with E-state index in [9.17, 15) is 4.79 Å². The van der Waals surface area contributed by atoms with Crippen LogP contribution in [0, 0.1) is 11.3 Å². The molecule has 1 amide bonds. The SMILES string of the molecule is CC(C)C1(CNC(=O)c2nc(N)ccc2Cl)CC1. The number of carbonyl (C=O) groups is 1. The number of carbonyl (C=O) groups excluding carboxylic acids is 1. The van der Waals surface area contributed by atoms with Gasteiger partial charge in [-0.05, 0) is 36.3 Å². The standard InChI is InChI=1S/C13H18ClN3O/c1-8(2)13(5-6-13)7-16-12(18)11-9(14)3-4-10(15)17-11/h3-4,8H,5-7H2,1-2H3,(H2,15,17)(H,16,18). The van der Waals surface area contributed by atoms with Gasteiger partial charge >= 0.3 is 0 Å². The van der Waals surface area contributed by atoms with Crippen LogP contribution in [0.25, 0.3) is 0 Å². The average Bonchev–Trinajstić information content (AvgIpc) is 3.10. The Labute approximate surface area is 112 Å². The molecule has 0 radical (unpaired) electrons. The Morgan fingerprint density at radius 3 is 2.78 bits per heavy atom. The molecule has 1 aliphatic carbocycles. The van der Waals surface area contributed by atoms with Crippen LogP contribution in [0.4, 0.5) is 5.82 Å². The van der Waals surface area contributed by atoms with Crippen molar-refractivity contribution in [2.75, 3.05) is 12.3 Å². The number of hydrogen-bond donors (Lipinski definition) is 2. The molecule has 0 aromatic carbocycles. The van der Waals surface area contributed by atoms with Gasteiger partial charge in [0.1, 0.15) is 11.5 Å². The molecule has 1 aromatic rings. The Morgan fingerprint density at radius 1 is 1.56 bits per heavy atom. The molecular formula is C13H18ClN3O. The first-order chi connectivity index (χ1) is 8.44. The van der Waals surface area contributed by atoms with E-state index in [2.05, 4.69) is 24.1 Å². The van der Waals surface area contributed by atoms with Gasteiger partial charge in [0, 0.05) is 6.54 Å². The third-order valence-corrected chi connectivity index (χ3v) is 4.11. The highest BCUT2D eigenvalue weighted by molar-refractivity contribution is 6.33. The fourth-order valence-corrected chi connectivity index (χ4v) is 2.27. The van der Waals surface area contributed by atoms with Crippen molar-refractivity contribution in [2.24, 2.45) is 11.3 Å². The summed E-state index contributed by atoms with van der Waals surface area (Å²) in [6.07, 6.45) is 2.34. The number of nitrogens with two attached hydrogens (primary N) is 1. The Balaban J connectivity index is 2.02. The summed E-state index contributed by atoms with van der Waals surface area (Å²) in [5.41, 5.74) is 6.03. The van der Waals surface area contributed by atoms with Crippen LogP contribution in [0.1, 0.15) is 37.2 Å². The van der Waals surface area contributed by atoms with Crippen molar-refractivity contribution < 1.29 is 4.79 Å². The van der Waals surface area contributed by atoms with Crippen LogP contribution in [-0.2, 0) is 0 Å². The molecule has 0 bridgehead atoms. The summed E-state index contributed by atoms with van der Waals surface area (Å²) in [4.78, 5) is 16.0. The molecular weight excluding hydrogens is 250 g/mol. The highest BCUT2D eigenvalue weighted by Gasteiger charge is 2.45. The molecule has 1 heterocycles. The molecule has 1 aromatic heterocycles. The Kier molecular flexibility index (Phi) is 3.48. The summed E-state index contributed by atoms with van der Waals surface area (Å²) in [6.45, 7) is 5.05. The minimum Gasteiger partial charge on any atom is -0.384 e. The van der Waals surface area contributed by atoms with Crippen molar-refractivity contribution in [1.82, 2.24) is 10.3 Å². The van der Waals surface area contributed by atoms with E-state index in [1.54, 1.807) is 12.1 Å². The third kappa shape index (κ3) is 2.58. The topological polar surface area (TPSA) is 68.0 Å². The number of aromatic nitrogens is 1. The van der Waals surface area contributed by atoms with E-state index in [0.29, 0.717) is 23.3 Å². The molecule has 0 atom stereocenters. The smallest absolute Gasteiger partial charge is 0.271 e. The van der Waals surface area contributed by atoms with Gasteiger partial charge in [-0.1, -0.05) is 25.4 Å². The lowest BCUT2D eigenvalue weighted by Gasteiger charge is -2.20. The van der Waals surface area contributed by atoms with Crippen LogP contribution < -0.4 is 11.1 Å². The van der Waals surface area contributed by atoms with Crippen LogP contribution in [0.2, 0.25) is 5.02 Å². The van der Waals surface area contributed by atoms with E-state index in [4.69, 9.17) is 17.3 Å². The number of nitrogens with zero attached hydrogens (tertiary/aromatic N) is 1. The van der Waals surface area contributed by atoms with Gasteiger partial charge < -0.3 is 11.1 Å². The lowest BCUT2D eigenvalue weighted by Crippen LogP contribution is -2.33. The lowest BCUT2D eigenvalue weighted by molar-refractivity contribution is 0.0935. The Hall–Kier alpha value is -1.29. The van der Waals surface area contributed by atoms with E-state index < -0.39 is 0 Å². The average molecular weight is 268 g/mol. The Morgan fingerprint density at radius 2 is 2.22 bits per heavy atom. The molecule has 1 aliphatic rings. The van der Waals surface area contributed by atoms with Gasteiger partial charge in [-0.25, -0.2) is 4.98 Å². The summed E-state index contributed by atoms with van der Waals surface area (Å²) >= 11 is 5.94. The number of hydrogen-bond acceptors (Lipinski definition) is 3. The fourth-order valence-electron chi connectivity index (χ4n) is 2.08. The van der Waals surface area contributed by atoms with Crippen molar-refractivity contribution in [3.05, 3.63) is 22.8 Å². The van der Waals surface area contributed by atoms with Gasteiger partial charge in [-0.15, -0.1) is 0 Å². The highest BCUT2D eigenvalue weighted by Crippen LogP contribution is 2.51. The van der Waals surface area contributed by atoms with Crippen LogP contribution in [0.5, 0.6) is 0 Å². The van der Waals surface area contributed by atoms with Crippen LogP contribution in [0.15, 0.2) is 12.1 Å². The second kappa shape index (κ2) is 4.76. The molecule has 5 heteroatoms. The minimum atomic E-state index is -0.251. The zero-order valence-electron chi connectivity index (χ0n) is 10.7. The number of nitrogens with one attached hydrogen (secondary N) is 1. The monoisotopic (exact) mass is 267 g/mol.